The van der Waals surface area contributed by atoms with Gasteiger partial charge in [0, 0.05) is 24.1 Å². The highest BCUT2D eigenvalue weighted by atomic mass is 35.5. The van der Waals surface area contributed by atoms with E-state index < -0.39 is 27.6 Å². The maximum absolute atomic E-state index is 13.6. The van der Waals surface area contributed by atoms with Crippen molar-refractivity contribution in [1.82, 2.24) is 0 Å². The van der Waals surface area contributed by atoms with Crippen molar-refractivity contribution in [2.45, 2.75) is 12.8 Å². The number of amides is 1. The number of rotatable bonds is 9. The van der Waals surface area contributed by atoms with Crippen LogP contribution in [0.15, 0.2) is 66.7 Å². The van der Waals surface area contributed by atoms with Gasteiger partial charge in [-0.1, -0.05) is 29.8 Å². The number of carbonyl (C=O) groups excluding carboxylic acids is 1. The van der Waals surface area contributed by atoms with Crippen molar-refractivity contribution in [2.75, 3.05) is 22.4 Å². The van der Waals surface area contributed by atoms with Crippen molar-refractivity contribution in [3.8, 4) is 11.5 Å². The lowest BCUT2D eigenvalue weighted by Gasteiger charge is -2.22. The fraction of sp³-hybridized carbons (Fsp3) is 0.174. The maximum Gasteiger partial charge on any atom is 0.232 e. The summed E-state index contributed by atoms with van der Waals surface area (Å²) in [4.78, 5) is 12.5. The monoisotopic (exact) mass is 494 g/mol. The molecule has 0 radical (unpaired) electrons. The van der Waals surface area contributed by atoms with Gasteiger partial charge < -0.3 is 10.1 Å². The zero-order valence-electron chi connectivity index (χ0n) is 17.6. The summed E-state index contributed by atoms with van der Waals surface area (Å²) in [5.41, 5.74) is 0.335. The lowest BCUT2D eigenvalue weighted by Crippen LogP contribution is -2.31. The standard InChI is InChI=1S/C23H21ClF2N2O4S/c1-33(30,31)28(17-10-11-19(25)20(26)15-17)13-5-8-23(29)27-21-14-16(24)9-12-22(21)32-18-6-3-2-4-7-18/h2-4,6-7,9-12,14-15H,5,8,13H2,1H3,(H,27,29). The number of sulfonamides is 1. The number of halogens is 3. The van der Waals surface area contributed by atoms with E-state index in [1.807, 2.05) is 18.2 Å². The van der Waals surface area contributed by atoms with Crippen molar-refractivity contribution in [3.05, 3.63) is 83.4 Å². The molecule has 33 heavy (non-hydrogen) atoms. The molecule has 0 fully saturated rings. The second-order valence-electron chi connectivity index (χ2n) is 7.14. The summed E-state index contributed by atoms with van der Waals surface area (Å²) < 4.78 is 57.8. The van der Waals surface area contributed by atoms with Crippen molar-refractivity contribution < 1.29 is 26.7 Å². The van der Waals surface area contributed by atoms with Crippen LogP contribution in [0.4, 0.5) is 20.2 Å². The normalized spacial score (nSPS) is 11.2. The second-order valence-corrected chi connectivity index (χ2v) is 9.48. The molecular formula is C23H21ClF2N2O4S. The third-order valence-corrected chi connectivity index (χ3v) is 5.97. The molecule has 3 aromatic rings. The van der Waals surface area contributed by atoms with Gasteiger partial charge in [-0.3, -0.25) is 9.10 Å². The molecule has 0 saturated heterocycles. The van der Waals surface area contributed by atoms with Gasteiger partial charge in [-0.15, -0.1) is 0 Å². The van der Waals surface area contributed by atoms with Crippen LogP contribution in [-0.2, 0) is 14.8 Å². The highest BCUT2D eigenvalue weighted by Gasteiger charge is 2.19. The van der Waals surface area contributed by atoms with Crippen LogP contribution in [0.25, 0.3) is 0 Å². The predicted octanol–water partition coefficient (Wildman–Crippen LogP) is 5.60. The van der Waals surface area contributed by atoms with E-state index in [9.17, 15) is 22.0 Å². The third kappa shape index (κ3) is 6.90. The summed E-state index contributed by atoms with van der Waals surface area (Å²) in [7, 11) is -3.78. The molecule has 3 rings (SSSR count). The Kier molecular flexibility index (Phi) is 7.88. The number of hydrogen-bond donors (Lipinski definition) is 1. The average molecular weight is 495 g/mol. The van der Waals surface area contributed by atoms with Gasteiger partial charge in [0.05, 0.1) is 17.6 Å². The molecule has 0 saturated carbocycles. The SMILES string of the molecule is CS(=O)(=O)N(CCCC(=O)Nc1cc(Cl)ccc1Oc1ccccc1)c1ccc(F)c(F)c1. The number of hydrogen-bond acceptors (Lipinski definition) is 4. The van der Waals surface area contributed by atoms with Crippen LogP contribution in [0.3, 0.4) is 0 Å². The molecule has 1 N–H and O–H groups in total. The molecule has 0 atom stereocenters. The van der Waals surface area contributed by atoms with Gasteiger partial charge >= 0.3 is 0 Å². The first-order chi connectivity index (χ1) is 15.6. The van der Waals surface area contributed by atoms with Crippen LogP contribution in [0.1, 0.15) is 12.8 Å². The number of anilines is 2. The third-order valence-electron chi connectivity index (χ3n) is 4.54. The van der Waals surface area contributed by atoms with Crippen LogP contribution in [0.2, 0.25) is 5.02 Å². The minimum atomic E-state index is -3.78. The first-order valence-electron chi connectivity index (χ1n) is 9.88. The van der Waals surface area contributed by atoms with Gasteiger partial charge in [0.1, 0.15) is 5.75 Å². The van der Waals surface area contributed by atoms with Gasteiger partial charge in [-0.05, 0) is 48.9 Å². The van der Waals surface area contributed by atoms with Crippen LogP contribution < -0.4 is 14.4 Å². The van der Waals surface area contributed by atoms with Crippen LogP contribution >= 0.6 is 11.6 Å². The van der Waals surface area contributed by atoms with Gasteiger partial charge in [0.25, 0.3) is 0 Å². The van der Waals surface area contributed by atoms with Crippen molar-refractivity contribution >= 4 is 38.9 Å². The smallest absolute Gasteiger partial charge is 0.232 e. The molecular weight excluding hydrogens is 474 g/mol. The van der Waals surface area contributed by atoms with Crippen LogP contribution in [-0.4, -0.2) is 27.1 Å². The molecule has 1 amide bonds. The second kappa shape index (κ2) is 10.6. The predicted molar refractivity (Wildman–Crippen MR) is 124 cm³/mol. The molecule has 0 aliphatic heterocycles. The Bertz CT molecular complexity index is 1240. The topological polar surface area (TPSA) is 75.7 Å². The van der Waals surface area contributed by atoms with E-state index in [2.05, 4.69) is 5.32 Å². The first kappa shape index (κ1) is 24.5. The minimum Gasteiger partial charge on any atom is -0.455 e. The highest BCUT2D eigenvalue weighted by molar-refractivity contribution is 7.92. The molecule has 0 spiro atoms. The van der Waals surface area contributed by atoms with Crippen molar-refractivity contribution in [2.24, 2.45) is 0 Å². The molecule has 0 heterocycles. The molecule has 3 aromatic carbocycles. The maximum atomic E-state index is 13.6. The van der Waals surface area contributed by atoms with Gasteiger partial charge in [0.2, 0.25) is 15.9 Å². The van der Waals surface area contributed by atoms with E-state index in [-0.39, 0.29) is 25.1 Å². The zero-order chi connectivity index (χ0) is 24.0. The summed E-state index contributed by atoms with van der Waals surface area (Å²) in [5.74, 6) is -1.68. The lowest BCUT2D eigenvalue weighted by atomic mass is 10.2. The molecule has 0 aliphatic rings. The molecule has 10 heteroatoms. The van der Waals surface area contributed by atoms with E-state index in [4.69, 9.17) is 16.3 Å². The van der Waals surface area contributed by atoms with E-state index in [0.29, 0.717) is 22.2 Å². The fourth-order valence-electron chi connectivity index (χ4n) is 3.03. The number of benzene rings is 3. The Morgan fingerprint density at radius 3 is 2.42 bits per heavy atom. The summed E-state index contributed by atoms with van der Waals surface area (Å²) in [6.45, 7) is -0.0970. The first-order valence-corrected chi connectivity index (χ1v) is 12.1. The fourth-order valence-corrected chi connectivity index (χ4v) is 4.16. The van der Waals surface area contributed by atoms with E-state index in [1.54, 1.807) is 30.3 Å². The molecule has 174 valence electrons. The largest absolute Gasteiger partial charge is 0.455 e. The zero-order valence-corrected chi connectivity index (χ0v) is 19.2. The summed E-state index contributed by atoms with van der Waals surface area (Å²) in [6.07, 6.45) is 1.05. The summed E-state index contributed by atoms with van der Waals surface area (Å²) in [6, 6.07) is 16.6. The molecule has 0 aliphatic carbocycles. The Morgan fingerprint density at radius 1 is 1.03 bits per heavy atom. The Labute approximate surface area is 195 Å². The van der Waals surface area contributed by atoms with Crippen molar-refractivity contribution in [1.29, 1.82) is 0 Å². The van der Waals surface area contributed by atoms with Crippen LogP contribution in [0, 0.1) is 11.6 Å². The van der Waals surface area contributed by atoms with Crippen LogP contribution in [0.5, 0.6) is 11.5 Å². The number of nitrogens with one attached hydrogen (secondary N) is 1. The Morgan fingerprint density at radius 2 is 1.76 bits per heavy atom. The highest BCUT2D eigenvalue weighted by Crippen LogP contribution is 2.32. The quantitative estimate of drug-likeness (QED) is 0.420. The number of nitrogens with zero attached hydrogens (tertiary/aromatic N) is 1. The van der Waals surface area contributed by atoms with E-state index in [1.165, 1.54) is 6.07 Å². The van der Waals surface area contributed by atoms with Crippen molar-refractivity contribution in [3.63, 3.8) is 0 Å². The number of carbonyl (C=O) groups is 1. The summed E-state index contributed by atoms with van der Waals surface area (Å²) >= 11 is 6.05. The number of ether oxygens (including phenoxy) is 1. The summed E-state index contributed by atoms with van der Waals surface area (Å²) in [5, 5.41) is 3.11. The van der Waals surface area contributed by atoms with Gasteiger partial charge in [-0.2, -0.15) is 0 Å². The van der Waals surface area contributed by atoms with Gasteiger partial charge in [-0.25, -0.2) is 17.2 Å². The minimum absolute atomic E-state index is 0.0230. The lowest BCUT2D eigenvalue weighted by molar-refractivity contribution is -0.116. The number of para-hydroxylation sites is 1. The Hall–Kier alpha value is -3.17. The van der Waals surface area contributed by atoms with Gasteiger partial charge in [0.15, 0.2) is 17.4 Å². The molecule has 6 nitrogen and oxygen atoms in total. The van der Waals surface area contributed by atoms with E-state index >= 15 is 0 Å². The van der Waals surface area contributed by atoms with E-state index in [0.717, 1.165) is 22.7 Å². The average Bonchev–Trinajstić information content (AvgIpc) is 2.75. The molecule has 0 unspecified atom stereocenters. The molecule has 0 bridgehead atoms. The molecule has 0 aromatic heterocycles. The Balaban J connectivity index is 1.66.